The van der Waals surface area contributed by atoms with Gasteiger partial charge in [-0.15, -0.1) is 0 Å². The van der Waals surface area contributed by atoms with Crippen LogP contribution in [0, 0.1) is 19.8 Å². The van der Waals surface area contributed by atoms with Gasteiger partial charge in [-0.1, -0.05) is 0 Å². The van der Waals surface area contributed by atoms with Crippen molar-refractivity contribution in [2.24, 2.45) is 5.92 Å². The van der Waals surface area contributed by atoms with Crippen LogP contribution >= 0.6 is 0 Å². The number of carbonyl (C=O) groups excluding carboxylic acids is 1. The van der Waals surface area contributed by atoms with Crippen molar-refractivity contribution in [3.8, 4) is 0 Å². The maximum absolute atomic E-state index is 12.7. The van der Waals surface area contributed by atoms with E-state index in [-0.39, 0.29) is 17.0 Å². The van der Waals surface area contributed by atoms with Crippen molar-refractivity contribution in [1.82, 2.24) is 19.7 Å². The Bertz CT molecular complexity index is 758. The summed E-state index contributed by atoms with van der Waals surface area (Å²) < 4.78 is 3.49. The van der Waals surface area contributed by atoms with Crippen LogP contribution in [0.1, 0.15) is 34.5 Å². The van der Waals surface area contributed by atoms with E-state index in [2.05, 4.69) is 10.4 Å². The molecular formula is C17H22N4O2. The third kappa shape index (κ3) is 3.52. The Morgan fingerprint density at radius 1 is 1.39 bits per heavy atom. The minimum Gasteiger partial charge on any atom is -0.350 e. The largest absolute Gasteiger partial charge is 0.350 e. The van der Waals surface area contributed by atoms with Gasteiger partial charge in [0.25, 0.3) is 11.5 Å². The molecule has 2 aromatic heterocycles. The Balaban J connectivity index is 1.74. The molecule has 0 aromatic carbocycles. The zero-order valence-corrected chi connectivity index (χ0v) is 13.6. The number of carbonyl (C=O) groups is 1. The molecule has 0 atom stereocenters. The van der Waals surface area contributed by atoms with Crippen LogP contribution in [0.25, 0.3) is 0 Å². The van der Waals surface area contributed by atoms with Crippen LogP contribution in [0.2, 0.25) is 0 Å². The fourth-order valence-electron chi connectivity index (χ4n) is 2.79. The average Bonchev–Trinajstić information content (AvgIpc) is 3.17. The average molecular weight is 314 g/mol. The SMILES string of the molecule is Cc1cc(C)n(CC2CC2)c(=O)c1C(=O)NCCn1cccn1. The number of nitrogens with zero attached hydrogens (tertiary/aromatic N) is 3. The van der Waals surface area contributed by atoms with Gasteiger partial charge >= 0.3 is 0 Å². The summed E-state index contributed by atoms with van der Waals surface area (Å²) in [5.41, 5.74) is 1.74. The highest BCUT2D eigenvalue weighted by atomic mass is 16.2. The van der Waals surface area contributed by atoms with Crippen molar-refractivity contribution in [3.63, 3.8) is 0 Å². The summed E-state index contributed by atoms with van der Waals surface area (Å²) in [4.78, 5) is 25.1. The highest BCUT2D eigenvalue weighted by Crippen LogP contribution is 2.30. The number of aromatic nitrogens is 3. The van der Waals surface area contributed by atoms with E-state index in [4.69, 9.17) is 0 Å². The number of pyridine rings is 1. The summed E-state index contributed by atoms with van der Waals surface area (Å²) in [6, 6.07) is 3.76. The zero-order valence-electron chi connectivity index (χ0n) is 13.6. The van der Waals surface area contributed by atoms with Crippen molar-refractivity contribution in [1.29, 1.82) is 0 Å². The first-order chi connectivity index (χ1) is 11.1. The van der Waals surface area contributed by atoms with E-state index in [1.54, 1.807) is 15.4 Å². The smallest absolute Gasteiger partial charge is 0.263 e. The lowest BCUT2D eigenvalue weighted by Crippen LogP contribution is -2.36. The second-order valence-corrected chi connectivity index (χ2v) is 6.23. The number of hydrogen-bond donors (Lipinski definition) is 1. The minimum absolute atomic E-state index is 0.175. The second kappa shape index (κ2) is 6.40. The number of amides is 1. The molecule has 1 amide bonds. The van der Waals surface area contributed by atoms with Gasteiger partial charge < -0.3 is 9.88 Å². The maximum atomic E-state index is 12.7. The third-order valence-corrected chi connectivity index (χ3v) is 4.25. The molecule has 0 bridgehead atoms. The molecular weight excluding hydrogens is 292 g/mol. The number of rotatable bonds is 6. The topological polar surface area (TPSA) is 68.9 Å². The van der Waals surface area contributed by atoms with Crippen LogP contribution in [0.4, 0.5) is 0 Å². The molecule has 2 heterocycles. The molecule has 0 unspecified atom stereocenters. The highest BCUT2D eigenvalue weighted by molar-refractivity contribution is 5.95. The summed E-state index contributed by atoms with van der Waals surface area (Å²) in [6.07, 6.45) is 5.88. The van der Waals surface area contributed by atoms with E-state index in [0.717, 1.165) is 17.8 Å². The highest BCUT2D eigenvalue weighted by Gasteiger charge is 2.25. The second-order valence-electron chi connectivity index (χ2n) is 6.23. The third-order valence-electron chi connectivity index (χ3n) is 4.25. The first-order valence-electron chi connectivity index (χ1n) is 8.03. The number of hydrogen-bond acceptors (Lipinski definition) is 3. The van der Waals surface area contributed by atoms with Crippen LogP contribution in [-0.2, 0) is 13.1 Å². The normalized spacial score (nSPS) is 14.0. The van der Waals surface area contributed by atoms with E-state index in [0.29, 0.717) is 19.0 Å². The maximum Gasteiger partial charge on any atom is 0.263 e. The van der Waals surface area contributed by atoms with Gasteiger partial charge in [0.2, 0.25) is 0 Å². The molecule has 0 spiro atoms. The standard InChI is InChI=1S/C17H22N4O2/c1-12-10-13(2)21(11-14-4-5-14)17(23)15(12)16(22)18-7-9-20-8-3-6-19-20/h3,6,8,10,14H,4-5,7,9,11H2,1-2H3,(H,18,22). The lowest BCUT2D eigenvalue weighted by atomic mass is 10.1. The zero-order chi connectivity index (χ0) is 16.4. The fraction of sp³-hybridized carbons (Fsp3) is 0.471. The molecule has 0 saturated heterocycles. The van der Waals surface area contributed by atoms with E-state index in [1.807, 2.05) is 32.2 Å². The summed E-state index contributed by atoms with van der Waals surface area (Å²) in [5, 5.41) is 6.91. The van der Waals surface area contributed by atoms with Crippen molar-refractivity contribution in [2.45, 2.75) is 39.8 Å². The summed E-state index contributed by atoms with van der Waals surface area (Å²) >= 11 is 0. The predicted octanol–water partition coefficient (Wildman–Crippen LogP) is 1.50. The van der Waals surface area contributed by atoms with Crippen molar-refractivity contribution >= 4 is 5.91 Å². The molecule has 23 heavy (non-hydrogen) atoms. The molecule has 2 aromatic rings. The monoisotopic (exact) mass is 314 g/mol. The van der Waals surface area contributed by atoms with Gasteiger partial charge in [0.15, 0.2) is 0 Å². The lowest BCUT2D eigenvalue weighted by Gasteiger charge is -2.14. The molecule has 6 heteroatoms. The quantitative estimate of drug-likeness (QED) is 0.878. The predicted molar refractivity (Wildman–Crippen MR) is 87.5 cm³/mol. The van der Waals surface area contributed by atoms with E-state index < -0.39 is 0 Å². The van der Waals surface area contributed by atoms with Gasteiger partial charge in [-0.25, -0.2) is 0 Å². The first-order valence-corrected chi connectivity index (χ1v) is 8.03. The Morgan fingerprint density at radius 2 is 2.17 bits per heavy atom. The Hall–Kier alpha value is -2.37. The molecule has 1 aliphatic rings. The van der Waals surface area contributed by atoms with Gasteiger partial charge in [-0.2, -0.15) is 5.10 Å². The van der Waals surface area contributed by atoms with E-state index in [1.165, 1.54) is 12.8 Å². The van der Waals surface area contributed by atoms with Gasteiger partial charge in [0, 0.05) is 31.2 Å². The molecule has 0 radical (unpaired) electrons. The molecule has 1 saturated carbocycles. The van der Waals surface area contributed by atoms with Crippen molar-refractivity contribution in [2.75, 3.05) is 6.54 Å². The van der Waals surface area contributed by atoms with Gasteiger partial charge in [0.05, 0.1) is 6.54 Å². The van der Waals surface area contributed by atoms with Crippen LogP contribution < -0.4 is 10.9 Å². The van der Waals surface area contributed by atoms with Gasteiger partial charge in [-0.05, 0) is 50.3 Å². The molecule has 3 rings (SSSR count). The number of nitrogens with one attached hydrogen (secondary N) is 1. The molecule has 1 fully saturated rings. The van der Waals surface area contributed by atoms with Gasteiger partial charge in [-0.3, -0.25) is 14.3 Å². The molecule has 1 aliphatic carbocycles. The Kier molecular flexibility index (Phi) is 4.32. The van der Waals surface area contributed by atoms with E-state index >= 15 is 0 Å². The summed E-state index contributed by atoms with van der Waals surface area (Å²) in [5.74, 6) is 0.286. The van der Waals surface area contributed by atoms with Crippen LogP contribution in [-0.4, -0.2) is 26.8 Å². The first kappa shape index (κ1) is 15.5. The fourth-order valence-corrected chi connectivity index (χ4v) is 2.79. The van der Waals surface area contributed by atoms with Gasteiger partial charge in [0.1, 0.15) is 5.56 Å². The molecule has 1 N–H and O–H groups in total. The Morgan fingerprint density at radius 3 is 2.83 bits per heavy atom. The van der Waals surface area contributed by atoms with Crippen molar-refractivity contribution < 1.29 is 4.79 Å². The van der Waals surface area contributed by atoms with Crippen LogP contribution in [0.15, 0.2) is 29.3 Å². The minimum atomic E-state index is -0.302. The number of aryl methyl sites for hydroxylation is 2. The summed E-state index contributed by atoms with van der Waals surface area (Å²) in [6.45, 7) is 5.49. The molecule has 6 nitrogen and oxygen atoms in total. The summed E-state index contributed by atoms with van der Waals surface area (Å²) in [7, 11) is 0. The van der Waals surface area contributed by atoms with Crippen LogP contribution in [0.5, 0.6) is 0 Å². The molecule has 0 aliphatic heterocycles. The van der Waals surface area contributed by atoms with Crippen molar-refractivity contribution in [3.05, 3.63) is 51.7 Å². The Labute approximate surface area is 135 Å². The van der Waals surface area contributed by atoms with Crippen LogP contribution in [0.3, 0.4) is 0 Å². The lowest BCUT2D eigenvalue weighted by molar-refractivity contribution is 0.0949. The molecule has 122 valence electrons. The van der Waals surface area contributed by atoms with E-state index in [9.17, 15) is 9.59 Å².